The maximum atomic E-state index is 13.3. The number of rotatable bonds is 8. The number of aliphatic imine (C=N–C) groups is 1. The van der Waals surface area contributed by atoms with Crippen LogP contribution in [-0.4, -0.2) is 69.0 Å². The van der Waals surface area contributed by atoms with E-state index in [0.717, 1.165) is 75.4 Å². The Morgan fingerprint density at radius 2 is 2.14 bits per heavy atom. The lowest BCUT2D eigenvalue weighted by molar-refractivity contribution is 0.00992. The SMILES string of the molecule is CN=C(NCCc1c[nH]c2cc(F)ccc12)N1CCC(OCCCOC)CC1. The molecule has 28 heavy (non-hydrogen) atoms. The summed E-state index contributed by atoms with van der Waals surface area (Å²) in [6, 6.07) is 4.88. The van der Waals surface area contributed by atoms with Crippen LogP contribution in [0.1, 0.15) is 24.8 Å². The van der Waals surface area contributed by atoms with Gasteiger partial charge in [-0.25, -0.2) is 4.39 Å². The molecule has 1 aliphatic rings. The highest BCUT2D eigenvalue weighted by molar-refractivity contribution is 5.83. The van der Waals surface area contributed by atoms with Gasteiger partial charge in [0.2, 0.25) is 0 Å². The molecule has 7 heteroatoms. The van der Waals surface area contributed by atoms with Crippen molar-refractivity contribution >= 4 is 16.9 Å². The molecule has 0 aliphatic carbocycles. The summed E-state index contributed by atoms with van der Waals surface area (Å²) in [5, 5.41) is 4.53. The Morgan fingerprint density at radius 3 is 2.89 bits per heavy atom. The number of fused-ring (bicyclic) bond motifs is 1. The number of H-pyrrole nitrogens is 1. The number of guanidine groups is 1. The van der Waals surface area contributed by atoms with Crippen molar-refractivity contribution in [1.82, 2.24) is 15.2 Å². The number of hydrogen-bond donors (Lipinski definition) is 2. The van der Waals surface area contributed by atoms with Gasteiger partial charge in [0.25, 0.3) is 0 Å². The van der Waals surface area contributed by atoms with Crippen LogP contribution in [-0.2, 0) is 15.9 Å². The summed E-state index contributed by atoms with van der Waals surface area (Å²) in [4.78, 5) is 9.87. The van der Waals surface area contributed by atoms with E-state index >= 15 is 0 Å². The maximum absolute atomic E-state index is 13.3. The van der Waals surface area contributed by atoms with Crippen molar-refractivity contribution in [1.29, 1.82) is 0 Å². The van der Waals surface area contributed by atoms with Crippen molar-refractivity contribution < 1.29 is 13.9 Å². The van der Waals surface area contributed by atoms with Crippen molar-refractivity contribution in [3.05, 3.63) is 35.8 Å². The number of aromatic amines is 1. The zero-order valence-corrected chi connectivity index (χ0v) is 16.8. The van der Waals surface area contributed by atoms with Crippen LogP contribution in [0.25, 0.3) is 10.9 Å². The average molecular weight is 391 g/mol. The van der Waals surface area contributed by atoms with E-state index < -0.39 is 0 Å². The zero-order valence-electron chi connectivity index (χ0n) is 16.8. The first-order valence-corrected chi connectivity index (χ1v) is 10.0. The average Bonchev–Trinajstić information content (AvgIpc) is 3.11. The molecule has 0 unspecified atom stereocenters. The summed E-state index contributed by atoms with van der Waals surface area (Å²) in [6.45, 7) is 4.19. The van der Waals surface area contributed by atoms with Crippen LogP contribution in [0.5, 0.6) is 0 Å². The molecule has 2 N–H and O–H groups in total. The third-order valence-electron chi connectivity index (χ3n) is 5.21. The van der Waals surface area contributed by atoms with Crippen molar-refractivity contribution in [2.45, 2.75) is 31.8 Å². The molecule has 1 saturated heterocycles. The Labute approximate surface area is 166 Å². The molecule has 0 bridgehead atoms. The molecular formula is C21H31FN4O2. The monoisotopic (exact) mass is 390 g/mol. The molecule has 2 aromatic rings. The summed E-state index contributed by atoms with van der Waals surface area (Å²) in [6.07, 6.45) is 6.12. The maximum Gasteiger partial charge on any atom is 0.193 e. The summed E-state index contributed by atoms with van der Waals surface area (Å²) < 4.78 is 24.3. The van der Waals surface area contributed by atoms with Crippen molar-refractivity contribution in [2.75, 3.05) is 47.0 Å². The van der Waals surface area contributed by atoms with Gasteiger partial charge in [-0.05, 0) is 49.4 Å². The van der Waals surface area contributed by atoms with E-state index in [9.17, 15) is 4.39 Å². The Morgan fingerprint density at radius 1 is 1.32 bits per heavy atom. The van der Waals surface area contributed by atoms with E-state index in [1.807, 2.05) is 19.3 Å². The molecule has 0 amide bonds. The molecule has 1 aliphatic heterocycles. The van der Waals surface area contributed by atoms with Gasteiger partial charge in [0.05, 0.1) is 6.10 Å². The van der Waals surface area contributed by atoms with Gasteiger partial charge in [-0.1, -0.05) is 0 Å². The van der Waals surface area contributed by atoms with Crippen LogP contribution in [0.15, 0.2) is 29.4 Å². The largest absolute Gasteiger partial charge is 0.385 e. The van der Waals surface area contributed by atoms with Crippen molar-refractivity contribution in [2.24, 2.45) is 4.99 Å². The fourth-order valence-corrected chi connectivity index (χ4v) is 3.69. The van der Waals surface area contributed by atoms with Crippen LogP contribution in [0.2, 0.25) is 0 Å². The lowest BCUT2D eigenvalue weighted by Gasteiger charge is -2.34. The second kappa shape index (κ2) is 10.4. The first-order valence-electron chi connectivity index (χ1n) is 10.0. The number of methoxy groups -OCH3 is 1. The molecule has 2 heterocycles. The molecule has 3 rings (SSSR count). The quantitative estimate of drug-likeness (QED) is 0.413. The molecule has 0 radical (unpaired) electrons. The van der Waals surface area contributed by atoms with Crippen LogP contribution in [0.4, 0.5) is 4.39 Å². The fourth-order valence-electron chi connectivity index (χ4n) is 3.69. The first-order chi connectivity index (χ1) is 13.7. The Balaban J connectivity index is 1.42. The van der Waals surface area contributed by atoms with Crippen LogP contribution < -0.4 is 5.32 Å². The van der Waals surface area contributed by atoms with Gasteiger partial charge in [0, 0.05) is 64.1 Å². The van der Waals surface area contributed by atoms with E-state index in [-0.39, 0.29) is 5.82 Å². The predicted molar refractivity (Wildman–Crippen MR) is 110 cm³/mol. The first kappa shape index (κ1) is 20.6. The second-order valence-electron chi connectivity index (χ2n) is 7.13. The van der Waals surface area contributed by atoms with E-state index in [1.165, 1.54) is 17.7 Å². The minimum atomic E-state index is -0.217. The number of halogens is 1. The summed E-state index contributed by atoms with van der Waals surface area (Å²) in [7, 11) is 3.54. The third-order valence-corrected chi connectivity index (χ3v) is 5.21. The second-order valence-corrected chi connectivity index (χ2v) is 7.13. The standard InChI is InChI=1S/C21H31FN4O2/c1-23-21(26-10-7-18(8-11-26)28-13-3-12-27-2)24-9-6-16-15-25-20-14-17(22)4-5-19(16)20/h4-5,14-15,18,25H,3,6-13H2,1-2H3,(H,23,24). The normalized spacial score (nSPS) is 16.1. The lowest BCUT2D eigenvalue weighted by Crippen LogP contribution is -2.47. The minimum Gasteiger partial charge on any atom is -0.385 e. The summed E-state index contributed by atoms with van der Waals surface area (Å²) in [5.74, 6) is 0.717. The molecule has 154 valence electrons. The van der Waals surface area contributed by atoms with Gasteiger partial charge in [0.15, 0.2) is 5.96 Å². The number of nitrogens with zero attached hydrogens (tertiary/aromatic N) is 2. The van der Waals surface area contributed by atoms with Crippen molar-refractivity contribution in [3.8, 4) is 0 Å². The molecule has 0 atom stereocenters. The van der Waals surface area contributed by atoms with Gasteiger partial charge in [-0.15, -0.1) is 0 Å². The summed E-state index contributed by atoms with van der Waals surface area (Å²) in [5.41, 5.74) is 2.02. The molecule has 0 spiro atoms. The minimum absolute atomic E-state index is 0.217. The van der Waals surface area contributed by atoms with Crippen LogP contribution in [0.3, 0.4) is 0 Å². The van der Waals surface area contributed by atoms with E-state index in [2.05, 4.69) is 20.2 Å². The van der Waals surface area contributed by atoms with Crippen molar-refractivity contribution in [3.63, 3.8) is 0 Å². The Hall–Kier alpha value is -2.12. The van der Waals surface area contributed by atoms with Crippen LogP contribution >= 0.6 is 0 Å². The highest BCUT2D eigenvalue weighted by atomic mass is 19.1. The molecule has 6 nitrogen and oxygen atoms in total. The van der Waals surface area contributed by atoms with Crippen LogP contribution in [0, 0.1) is 5.82 Å². The number of nitrogens with one attached hydrogen (secondary N) is 2. The number of benzene rings is 1. The highest BCUT2D eigenvalue weighted by Crippen LogP contribution is 2.19. The van der Waals surface area contributed by atoms with Gasteiger partial charge in [0.1, 0.15) is 5.82 Å². The van der Waals surface area contributed by atoms with E-state index in [1.54, 1.807) is 7.11 Å². The summed E-state index contributed by atoms with van der Waals surface area (Å²) >= 11 is 0. The molecule has 1 fully saturated rings. The molecule has 1 aromatic heterocycles. The topological polar surface area (TPSA) is 61.9 Å². The number of ether oxygens (including phenoxy) is 2. The highest BCUT2D eigenvalue weighted by Gasteiger charge is 2.21. The fraction of sp³-hybridized carbons (Fsp3) is 0.571. The number of piperidine rings is 1. The van der Waals surface area contributed by atoms with Gasteiger partial charge in [-0.3, -0.25) is 4.99 Å². The molecular weight excluding hydrogens is 359 g/mol. The number of likely N-dealkylation sites (tertiary alicyclic amines) is 1. The Kier molecular flexibility index (Phi) is 7.68. The molecule has 0 saturated carbocycles. The van der Waals surface area contributed by atoms with Gasteiger partial charge in [-0.2, -0.15) is 0 Å². The zero-order chi connectivity index (χ0) is 19.8. The predicted octanol–water partition coefficient (Wildman–Crippen LogP) is 2.94. The van der Waals surface area contributed by atoms with E-state index in [4.69, 9.17) is 9.47 Å². The van der Waals surface area contributed by atoms with E-state index in [0.29, 0.717) is 6.10 Å². The molecule has 1 aromatic carbocycles. The number of hydrogen-bond acceptors (Lipinski definition) is 3. The smallest absolute Gasteiger partial charge is 0.193 e. The van der Waals surface area contributed by atoms with Gasteiger partial charge < -0.3 is 24.7 Å². The lowest BCUT2D eigenvalue weighted by atomic mass is 10.1. The third kappa shape index (κ3) is 5.45. The number of aromatic nitrogens is 1. The Bertz CT molecular complexity index is 769. The van der Waals surface area contributed by atoms with Gasteiger partial charge >= 0.3 is 0 Å².